The van der Waals surface area contributed by atoms with Crippen LogP contribution in [0.15, 0.2) is 148 Å². The van der Waals surface area contributed by atoms with Gasteiger partial charge in [0.05, 0.1) is 16.8 Å². The first-order chi connectivity index (χ1) is 24.8. The van der Waals surface area contributed by atoms with E-state index in [-0.39, 0.29) is 10.8 Å². The Bertz CT molecular complexity index is 2940. The van der Waals surface area contributed by atoms with Crippen molar-refractivity contribution in [3.8, 4) is 22.3 Å². The minimum atomic E-state index is -0.145. The number of hydrogen-bond acceptors (Lipinski definition) is 3. The van der Waals surface area contributed by atoms with Gasteiger partial charge in [-0.15, -0.1) is 0 Å². The fraction of sp³-hybridized carbons (Fsp3) is 0.125. The van der Waals surface area contributed by atoms with Crippen LogP contribution in [-0.2, 0) is 10.8 Å². The van der Waals surface area contributed by atoms with Crippen LogP contribution in [0.25, 0.3) is 66.1 Å². The van der Waals surface area contributed by atoms with Gasteiger partial charge in [0.25, 0.3) is 0 Å². The molecule has 0 fully saturated rings. The van der Waals surface area contributed by atoms with E-state index in [9.17, 15) is 0 Å². The van der Waals surface area contributed by atoms with Crippen LogP contribution in [0.4, 0.5) is 17.1 Å². The van der Waals surface area contributed by atoms with Gasteiger partial charge in [-0.2, -0.15) is 0 Å². The number of anilines is 3. The molecular weight excluding hydrogens is 623 g/mol. The molecule has 0 spiro atoms. The highest BCUT2D eigenvalue weighted by Crippen LogP contribution is 2.54. The number of para-hydroxylation sites is 2. The Morgan fingerprint density at radius 1 is 0.412 bits per heavy atom. The molecule has 0 amide bonds. The second-order valence-corrected chi connectivity index (χ2v) is 15.3. The van der Waals surface area contributed by atoms with Crippen LogP contribution in [0.3, 0.4) is 0 Å². The van der Waals surface area contributed by atoms with Gasteiger partial charge in [-0.3, -0.25) is 0 Å². The maximum absolute atomic E-state index is 6.77. The molecule has 9 aromatic rings. The Morgan fingerprint density at radius 2 is 1.02 bits per heavy atom. The third-order valence-electron chi connectivity index (χ3n) is 11.9. The molecule has 0 aliphatic heterocycles. The summed E-state index contributed by atoms with van der Waals surface area (Å²) in [5, 5.41) is 4.42. The lowest BCUT2D eigenvalue weighted by molar-refractivity contribution is 0.647. The zero-order chi connectivity index (χ0) is 34.2. The van der Waals surface area contributed by atoms with Crippen LogP contribution in [0.1, 0.15) is 49.9 Å². The summed E-state index contributed by atoms with van der Waals surface area (Å²) in [5.41, 5.74) is 16.9. The predicted octanol–water partition coefficient (Wildman–Crippen LogP) is 13.6. The predicted molar refractivity (Wildman–Crippen MR) is 211 cm³/mol. The van der Waals surface area contributed by atoms with Crippen molar-refractivity contribution in [1.82, 2.24) is 0 Å². The number of furan rings is 2. The van der Waals surface area contributed by atoms with Gasteiger partial charge in [0.15, 0.2) is 5.58 Å². The zero-order valence-corrected chi connectivity index (χ0v) is 29.0. The van der Waals surface area contributed by atoms with E-state index in [4.69, 9.17) is 8.83 Å². The smallest absolute Gasteiger partial charge is 0.159 e. The second kappa shape index (κ2) is 9.80. The minimum absolute atomic E-state index is 0.111. The summed E-state index contributed by atoms with van der Waals surface area (Å²) < 4.78 is 13.5. The molecule has 11 rings (SSSR count). The molecule has 2 aliphatic carbocycles. The van der Waals surface area contributed by atoms with E-state index in [1.165, 1.54) is 44.5 Å². The summed E-state index contributed by atoms with van der Waals surface area (Å²) in [6, 6.07) is 50.6. The molecular formula is C48H35NO2. The standard InChI is InChI=1S/C48H35NO2/c1-47(2)36-17-8-5-13-29(36)31-24-23-28(25-38(31)47)49(41-20-11-16-33-32-15-7-10-21-42(32)51-46(33)41)40-19-12-22-43-45(40)35-26-34-30-14-6-9-18-37(30)48(3,4)39(34)27-44(35)50-43/h5-27H,1-4H3. The highest BCUT2D eigenvalue weighted by molar-refractivity contribution is 6.17. The zero-order valence-electron chi connectivity index (χ0n) is 29.0. The topological polar surface area (TPSA) is 29.5 Å². The molecule has 7 aromatic carbocycles. The van der Waals surface area contributed by atoms with Crippen LogP contribution in [0.5, 0.6) is 0 Å². The van der Waals surface area contributed by atoms with Crippen LogP contribution in [-0.4, -0.2) is 0 Å². The first kappa shape index (κ1) is 28.7. The van der Waals surface area contributed by atoms with Crippen molar-refractivity contribution in [2.45, 2.75) is 38.5 Å². The first-order valence-corrected chi connectivity index (χ1v) is 17.9. The quantitative estimate of drug-likeness (QED) is 0.189. The van der Waals surface area contributed by atoms with E-state index in [1.54, 1.807) is 0 Å². The summed E-state index contributed by atoms with van der Waals surface area (Å²) in [6.45, 7) is 9.33. The van der Waals surface area contributed by atoms with Crippen molar-refractivity contribution < 1.29 is 8.83 Å². The molecule has 2 aliphatic rings. The maximum atomic E-state index is 6.77. The van der Waals surface area contributed by atoms with E-state index >= 15 is 0 Å². The Kier molecular flexibility index (Phi) is 5.52. The molecule has 0 radical (unpaired) electrons. The molecule has 0 saturated heterocycles. The van der Waals surface area contributed by atoms with Gasteiger partial charge in [0.2, 0.25) is 0 Å². The normalized spacial score (nSPS) is 15.0. The van der Waals surface area contributed by atoms with Gasteiger partial charge in [0, 0.05) is 32.7 Å². The number of fused-ring (bicyclic) bond motifs is 12. The fourth-order valence-electron chi connectivity index (χ4n) is 9.34. The van der Waals surface area contributed by atoms with Gasteiger partial charge in [0.1, 0.15) is 16.7 Å². The monoisotopic (exact) mass is 657 g/mol. The van der Waals surface area contributed by atoms with Gasteiger partial charge >= 0.3 is 0 Å². The molecule has 0 saturated carbocycles. The van der Waals surface area contributed by atoms with Crippen LogP contribution in [0.2, 0.25) is 0 Å². The summed E-state index contributed by atoms with van der Waals surface area (Å²) in [5.74, 6) is 0. The van der Waals surface area contributed by atoms with Crippen molar-refractivity contribution in [3.63, 3.8) is 0 Å². The van der Waals surface area contributed by atoms with Crippen molar-refractivity contribution in [3.05, 3.63) is 162 Å². The first-order valence-electron chi connectivity index (χ1n) is 17.9. The maximum Gasteiger partial charge on any atom is 0.159 e. The molecule has 3 nitrogen and oxygen atoms in total. The Hall–Kier alpha value is -6.06. The van der Waals surface area contributed by atoms with Gasteiger partial charge < -0.3 is 13.7 Å². The Balaban J connectivity index is 1.22. The summed E-state index contributed by atoms with van der Waals surface area (Å²) in [4.78, 5) is 2.40. The van der Waals surface area contributed by atoms with Crippen molar-refractivity contribution in [2.75, 3.05) is 4.90 Å². The largest absolute Gasteiger partial charge is 0.456 e. The fourth-order valence-corrected chi connectivity index (χ4v) is 9.34. The number of benzene rings is 7. The van der Waals surface area contributed by atoms with E-state index in [0.717, 1.165) is 60.9 Å². The Labute approximate surface area is 296 Å². The molecule has 0 bridgehead atoms. The van der Waals surface area contributed by atoms with E-state index in [2.05, 4.69) is 166 Å². The van der Waals surface area contributed by atoms with Crippen LogP contribution >= 0.6 is 0 Å². The van der Waals surface area contributed by atoms with Crippen molar-refractivity contribution in [1.29, 1.82) is 0 Å². The van der Waals surface area contributed by atoms with E-state index in [0.29, 0.717) is 0 Å². The average Bonchev–Trinajstić information content (AvgIpc) is 3.84. The highest BCUT2D eigenvalue weighted by atomic mass is 16.3. The van der Waals surface area contributed by atoms with Crippen LogP contribution < -0.4 is 4.90 Å². The molecule has 0 N–H and O–H groups in total. The van der Waals surface area contributed by atoms with Crippen LogP contribution in [0, 0.1) is 0 Å². The van der Waals surface area contributed by atoms with Gasteiger partial charge in [-0.05, 0) is 93.0 Å². The summed E-state index contributed by atoms with van der Waals surface area (Å²) in [7, 11) is 0. The van der Waals surface area contributed by atoms with E-state index < -0.39 is 0 Å². The molecule has 3 heteroatoms. The molecule has 0 unspecified atom stereocenters. The third-order valence-corrected chi connectivity index (χ3v) is 11.9. The Morgan fingerprint density at radius 3 is 1.82 bits per heavy atom. The SMILES string of the molecule is CC1(C)c2ccccc2-c2ccc(N(c3cccc4c3oc3ccccc34)c3cccc4oc5cc6c(cc5c34)-c3ccccc3C6(C)C)cc21. The average molecular weight is 658 g/mol. The molecule has 2 heterocycles. The molecule has 0 atom stereocenters. The molecule has 244 valence electrons. The lowest BCUT2D eigenvalue weighted by atomic mass is 9.82. The summed E-state index contributed by atoms with van der Waals surface area (Å²) >= 11 is 0. The van der Waals surface area contributed by atoms with Crippen molar-refractivity contribution in [2.24, 2.45) is 0 Å². The van der Waals surface area contributed by atoms with E-state index in [1.807, 2.05) is 6.07 Å². The second-order valence-electron chi connectivity index (χ2n) is 15.3. The number of rotatable bonds is 3. The summed E-state index contributed by atoms with van der Waals surface area (Å²) in [6.07, 6.45) is 0. The number of hydrogen-bond donors (Lipinski definition) is 0. The third kappa shape index (κ3) is 3.73. The molecule has 2 aromatic heterocycles. The highest BCUT2D eigenvalue weighted by Gasteiger charge is 2.38. The lowest BCUT2D eigenvalue weighted by Gasteiger charge is -2.28. The minimum Gasteiger partial charge on any atom is -0.456 e. The van der Waals surface area contributed by atoms with Gasteiger partial charge in [-0.25, -0.2) is 0 Å². The van der Waals surface area contributed by atoms with Crippen molar-refractivity contribution >= 4 is 60.9 Å². The lowest BCUT2D eigenvalue weighted by Crippen LogP contribution is -2.16. The van der Waals surface area contributed by atoms with Gasteiger partial charge in [-0.1, -0.05) is 119 Å². The number of nitrogens with zero attached hydrogens (tertiary/aromatic N) is 1. The molecule has 51 heavy (non-hydrogen) atoms.